The minimum absolute atomic E-state index is 0.0550. The number of benzene rings is 1. The first-order valence-electron chi connectivity index (χ1n) is 5.62. The van der Waals surface area contributed by atoms with Gasteiger partial charge in [-0.25, -0.2) is 13.1 Å². The van der Waals surface area contributed by atoms with Crippen LogP contribution in [0.4, 0.5) is 0 Å². The van der Waals surface area contributed by atoms with Gasteiger partial charge < -0.3 is 5.73 Å². The van der Waals surface area contributed by atoms with E-state index in [1.54, 1.807) is 6.07 Å². The number of hydrogen-bond acceptors (Lipinski definition) is 3. The highest BCUT2D eigenvalue weighted by Gasteiger charge is 2.29. The van der Waals surface area contributed by atoms with Gasteiger partial charge in [-0.15, -0.1) is 0 Å². The molecule has 2 atom stereocenters. The van der Waals surface area contributed by atoms with E-state index in [1.807, 2.05) is 0 Å². The van der Waals surface area contributed by atoms with Crippen molar-refractivity contribution in [2.75, 3.05) is 0 Å². The lowest BCUT2D eigenvalue weighted by Crippen LogP contribution is -2.34. The Hall–Kier alpha value is -0.330. The summed E-state index contributed by atoms with van der Waals surface area (Å²) in [5, 5.41) is 0.245. The Morgan fingerprint density at radius 3 is 2.33 bits per heavy atom. The van der Waals surface area contributed by atoms with Crippen LogP contribution in [0.15, 0.2) is 23.1 Å². The second-order valence-electron chi connectivity index (χ2n) is 4.44. The van der Waals surface area contributed by atoms with E-state index in [2.05, 4.69) is 4.72 Å². The van der Waals surface area contributed by atoms with E-state index in [0.29, 0.717) is 6.42 Å². The molecule has 1 saturated carbocycles. The molecule has 100 valence electrons. The molecule has 0 radical (unpaired) electrons. The van der Waals surface area contributed by atoms with Crippen LogP contribution in [-0.2, 0) is 10.0 Å². The predicted octanol–water partition coefficient (Wildman–Crippen LogP) is 2.15. The first kappa shape index (κ1) is 14.1. The molecule has 0 aromatic heterocycles. The first-order chi connectivity index (χ1) is 8.40. The van der Waals surface area contributed by atoms with Gasteiger partial charge >= 0.3 is 0 Å². The average Bonchev–Trinajstić information content (AvgIpc) is 2.62. The molecule has 0 spiro atoms. The number of hydrogen-bond donors (Lipinski definition) is 2. The van der Waals surface area contributed by atoms with Crippen molar-refractivity contribution in [1.29, 1.82) is 0 Å². The monoisotopic (exact) mass is 308 g/mol. The van der Waals surface area contributed by atoms with Crippen molar-refractivity contribution >= 4 is 33.2 Å². The van der Waals surface area contributed by atoms with Gasteiger partial charge in [0.15, 0.2) is 0 Å². The molecule has 1 aliphatic rings. The lowest BCUT2D eigenvalue weighted by molar-refractivity contribution is 0.549. The molecule has 7 heteroatoms. The highest BCUT2D eigenvalue weighted by atomic mass is 35.5. The van der Waals surface area contributed by atoms with Gasteiger partial charge in [0.1, 0.15) is 4.90 Å². The molecule has 0 bridgehead atoms. The van der Waals surface area contributed by atoms with E-state index in [4.69, 9.17) is 28.9 Å². The quantitative estimate of drug-likeness (QED) is 0.898. The summed E-state index contributed by atoms with van der Waals surface area (Å²) in [6.45, 7) is 0. The summed E-state index contributed by atoms with van der Waals surface area (Å²) in [7, 11) is -3.70. The van der Waals surface area contributed by atoms with Crippen molar-refractivity contribution in [1.82, 2.24) is 4.72 Å². The fraction of sp³-hybridized carbons (Fsp3) is 0.455. The van der Waals surface area contributed by atoms with Crippen LogP contribution in [0.1, 0.15) is 19.3 Å². The Morgan fingerprint density at radius 1 is 1.22 bits per heavy atom. The second kappa shape index (κ2) is 5.35. The molecule has 1 aromatic carbocycles. The van der Waals surface area contributed by atoms with Crippen LogP contribution in [-0.4, -0.2) is 20.5 Å². The minimum Gasteiger partial charge on any atom is -0.328 e. The molecule has 3 N–H and O–H groups in total. The number of sulfonamides is 1. The zero-order chi connectivity index (χ0) is 13.3. The topological polar surface area (TPSA) is 72.2 Å². The highest BCUT2D eigenvalue weighted by molar-refractivity contribution is 7.89. The normalized spacial score (nSPS) is 24.4. The molecule has 18 heavy (non-hydrogen) atoms. The molecule has 1 aliphatic carbocycles. The Bertz CT molecular complexity index is 528. The largest absolute Gasteiger partial charge is 0.328 e. The minimum atomic E-state index is -3.70. The highest BCUT2D eigenvalue weighted by Crippen LogP contribution is 2.30. The first-order valence-corrected chi connectivity index (χ1v) is 7.86. The lowest BCUT2D eigenvalue weighted by Gasteiger charge is -2.14. The standard InChI is InChI=1S/C11H14Cl2N2O2S/c12-9-2-1-3-10(13)11(9)18(16,17)15-8-5-4-7(14)6-8/h1-3,7-8,15H,4-6,14H2/t7-,8-/m1/s1. The molecular weight excluding hydrogens is 295 g/mol. The van der Waals surface area contributed by atoms with Crippen LogP contribution in [0, 0.1) is 0 Å². The van der Waals surface area contributed by atoms with E-state index < -0.39 is 10.0 Å². The number of rotatable bonds is 3. The molecule has 1 fully saturated rings. The fourth-order valence-corrected chi connectivity index (χ4v) is 4.57. The smallest absolute Gasteiger partial charge is 0.243 e. The van der Waals surface area contributed by atoms with E-state index in [0.717, 1.165) is 12.8 Å². The summed E-state index contributed by atoms with van der Waals surface area (Å²) < 4.78 is 27.0. The maximum Gasteiger partial charge on any atom is 0.243 e. The van der Waals surface area contributed by atoms with Gasteiger partial charge in [0.05, 0.1) is 10.0 Å². The SMILES string of the molecule is N[C@@H]1CC[C@@H](NS(=O)(=O)c2c(Cl)cccc2Cl)C1. The molecule has 0 aliphatic heterocycles. The predicted molar refractivity (Wildman–Crippen MR) is 72.4 cm³/mol. The van der Waals surface area contributed by atoms with Crippen LogP contribution in [0.5, 0.6) is 0 Å². The van der Waals surface area contributed by atoms with Crippen LogP contribution >= 0.6 is 23.2 Å². The van der Waals surface area contributed by atoms with Crippen molar-refractivity contribution in [3.8, 4) is 0 Å². The van der Waals surface area contributed by atoms with Gasteiger partial charge in [0, 0.05) is 12.1 Å². The molecule has 4 nitrogen and oxygen atoms in total. The molecule has 0 unspecified atom stereocenters. The number of nitrogens with two attached hydrogens (primary N) is 1. The van der Waals surface area contributed by atoms with Gasteiger partial charge in [-0.1, -0.05) is 29.3 Å². The zero-order valence-electron chi connectivity index (χ0n) is 9.57. The third-order valence-electron chi connectivity index (χ3n) is 2.98. The zero-order valence-corrected chi connectivity index (χ0v) is 11.9. The van der Waals surface area contributed by atoms with Crippen LogP contribution in [0.3, 0.4) is 0 Å². The van der Waals surface area contributed by atoms with Crippen molar-refractivity contribution < 1.29 is 8.42 Å². The van der Waals surface area contributed by atoms with Crippen molar-refractivity contribution in [3.05, 3.63) is 28.2 Å². The van der Waals surface area contributed by atoms with Gasteiger partial charge in [-0.2, -0.15) is 0 Å². The Labute approximate surface area is 117 Å². The summed E-state index contributed by atoms with van der Waals surface area (Å²) in [6, 6.07) is 4.52. The van der Waals surface area contributed by atoms with Crippen LogP contribution in [0.2, 0.25) is 10.0 Å². The van der Waals surface area contributed by atoms with E-state index in [1.165, 1.54) is 12.1 Å². The average molecular weight is 309 g/mol. The van der Waals surface area contributed by atoms with Gasteiger partial charge in [-0.3, -0.25) is 0 Å². The second-order valence-corrected chi connectivity index (χ2v) is 6.91. The van der Waals surface area contributed by atoms with Crippen LogP contribution < -0.4 is 10.5 Å². The van der Waals surface area contributed by atoms with Gasteiger partial charge in [0.2, 0.25) is 10.0 Å². The van der Waals surface area contributed by atoms with Crippen molar-refractivity contribution in [2.45, 2.75) is 36.2 Å². The maximum absolute atomic E-state index is 12.2. The lowest BCUT2D eigenvalue weighted by atomic mass is 10.2. The fourth-order valence-electron chi connectivity index (χ4n) is 2.14. The number of halogens is 2. The van der Waals surface area contributed by atoms with Crippen LogP contribution in [0.25, 0.3) is 0 Å². The number of nitrogens with one attached hydrogen (secondary N) is 1. The molecule has 2 rings (SSSR count). The maximum atomic E-state index is 12.2. The molecule has 0 heterocycles. The molecule has 0 amide bonds. The van der Waals surface area contributed by atoms with E-state index in [-0.39, 0.29) is 27.0 Å². The van der Waals surface area contributed by atoms with E-state index in [9.17, 15) is 8.42 Å². The van der Waals surface area contributed by atoms with Gasteiger partial charge in [0.25, 0.3) is 0 Å². The summed E-state index contributed by atoms with van der Waals surface area (Å²) >= 11 is 11.8. The molecule has 0 saturated heterocycles. The summed E-state index contributed by atoms with van der Waals surface area (Å²) in [5.74, 6) is 0. The summed E-state index contributed by atoms with van der Waals surface area (Å²) in [4.78, 5) is -0.0613. The van der Waals surface area contributed by atoms with Crippen molar-refractivity contribution in [3.63, 3.8) is 0 Å². The van der Waals surface area contributed by atoms with Crippen molar-refractivity contribution in [2.24, 2.45) is 5.73 Å². The summed E-state index contributed by atoms with van der Waals surface area (Å²) in [5.41, 5.74) is 5.76. The Kier molecular flexibility index (Phi) is 4.18. The Morgan fingerprint density at radius 2 is 1.83 bits per heavy atom. The third-order valence-corrected chi connectivity index (χ3v) is 5.46. The van der Waals surface area contributed by atoms with E-state index >= 15 is 0 Å². The molecular formula is C11H14Cl2N2O2S. The Balaban J connectivity index is 2.26. The molecule has 1 aromatic rings. The van der Waals surface area contributed by atoms with Gasteiger partial charge in [-0.05, 0) is 31.4 Å². The summed E-state index contributed by atoms with van der Waals surface area (Å²) in [6.07, 6.45) is 2.20. The third kappa shape index (κ3) is 2.97.